The molecule has 0 fully saturated rings. The number of rotatable bonds is 5. The van der Waals surface area contributed by atoms with Gasteiger partial charge in [-0.1, -0.05) is 0 Å². The van der Waals surface area contributed by atoms with Crippen LogP contribution >= 0.6 is 12.6 Å². The van der Waals surface area contributed by atoms with Crippen LogP contribution in [0.3, 0.4) is 0 Å². The Labute approximate surface area is 99.6 Å². The van der Waals surface area contributed by atoms with Crippen molar-refractivity contribution in [1.29, 1.82) is 0 Å². The summed E-state index contributed by atoms with van der Waals surface area (Å²) in [5, 5.41) is 8.92. The van der Waals surface area contributed by atoms with E-state index in [1.165, 1.54) is 7.11 Å². The lowest BCUT2D eigenvalue weighted by molar-refractivity contribution is 0.0600. The topological polar surface area (TPSA) is 55.8 Å². The molecule has 0 saturated heterocycles. The van der Waals surface area contributed by atoms with Crippen LogP contribution in [0.4, 0.5) is 0 Å². The summed E-state index contributed by atoms with van der Waals surface area (Å²) in [4.78, 5) is 11.1. The fourth-order valence-electron chi connectivity index (χ4n) is 1.11. The maximum Gasteiger partial charge on any atom is 0.337 e. The van der Waals surface area contributed by atoms with Gasteiger partial charge in [-0.25, -0.2) is 4.79 Å². The number of carbonyl (C=O) groups excluding carboxylic acids is 1. The van der Waals surface area contributed by atoms with Crippen molar-refractivity contribution in [2.24, 2.45) is 0 Å². The van der Waals surface area contributed by atoms with Crippen molar-refractivity contribution in [2.75, 3.05) is 19.5 Å². The predicted octanol–water partition coefficient (Wildman–Crippen LogP) is 1.14. The standard InChI is InChI=1S/C11H14O4S/c1-14-11(13)8-2-4-9(5-3-8)15-10(6-12)7-16/h2-5,10,12,16H,6-7H2,1H3. The van der Waals surface area contributed by atoms with Crippen molar-refractivity contribution in [3.05, 3.63) is 29.8 Å². The van der Waals surface area contributed by atoms with E-state index in [0.717, 1.165) is 0 Å². The molecular weight excluding hydrogens is 228 g/mol. The van der Waals surface area contributed by atoms with E-state index < -0.39 is 0 Å². The van der Waals surface area contributed by atoms with Gasteiger partial charge >= 0.3 is 5.97 Å². The number of esters is 1. The van der Waals surface area contributed by atoms with Gasteiger partial charge in [0.25, 0.3) is 0 Å². The first-order valence-electron chi connectivity index (χ1n) is 4.78. The second kappa shape index (κ2) is 6.40. The lowest BCUT2D eigenvalue weighted by Gasteiger charge is -2.14. The SMILES string of the molecule is COC(=O)c1ccc(OC(CO)CS)cc1. The highest BCUT2D eigenvalue weighted by Gasteiger charge is 2.08. The van der Waals surface area contributed by atoms with E-state index in [9.17, 15) is 4.79 Å². The Morgan fingerprint density at radius 1 is 1.44 bits per heavy atom. The van der Waals surface area contributed by atoms with Gasteiger partial charge in [-0.3, -0.25) is 0 Å². The van der Waals surface area contributed by atoms with Crippen LogP contribution in [0.2, 0.25) is 0 Å². The highest BCUT2D eigenvalue weighted by Crippen LogP contribution is 2.14. The van der Waals surface area contributed by atoms with Crippen molar-refractivity contribution in [3.8, 4) is 5.75 Å². The molecule has 0 spiro atoms. The summed E-state index contributed by atoms with van der Waals surface area (Å²) in [7, 11) is 1.33. The highest BCUT2D eigenvalue weighted by molar-refractivity contribution is 7.80. The zero-order valence-corrected chi connectivity index (χ0v) is 9.81. The molecule has 0 aliphatic carbocycles. The van der Waals surface area contributed by atoms with Crippen LogP contribution in [0.5, 0.6) is 5.75 Å². The van der Waals surface area contributed by atoms with Gasteiger partial charge in [-0.15, -0.1) is 0 Å². The number of carbonyl (C=O) groups is 1. The molecular formula is C11H14O4S. The molecule has 1 N–H and O–H groups in total. The third-order valence-electron chi connectivity index (χ3n) is 1.99. The molecule has 0 heterocycles. The number of aliphatic hydroxyl groups excluding tert-OH is 1. The quantitative estimate of drug-likeness (QED) is 0.600. The monoisotopic (exact) mass is 242 g/mol. The zero-order valence-electron chi connectivity index (χ0n) is 8.92. The molecule has 0 bridgehead atoms. The smallest absolute Gasteiger partial charge is 0.337 e. The van der Waals surface area contributed by atoms with Crippen LogP contribution < -0.4 is 4.74 Å². The van der Waals surface area contributed by atoms with E-state index in [-0.39, 0.29) is 18.7 Å². The number of ether oxygens (including phenoxy) is 2. The number of methoxy groups -OCH3 is 1. The first-order chi connectivity index (χ1) is 7.71. The minimum Gasteiger partial charge on any atom is -0.487 e. The van der Waals surface area contributed by atoms with Crippen molar-refractivity contribution in [1.82, 2.24) is 0 Å². The molecule has 4 nitrogen and oxygen atoms in total. The summed E-state index contributed by atoms with van der Waals surface area (Å²) in [6.07, 6.45) is -0.340. The third-order valence-corrected chi connectivity index (χ3v) is 2.39. The molecule has 5 heteroatoms. The lowest BCUT2D eigenvalue weighted by atomic mass is 10.2. The van der Waals surface area contributed by atoms with Crippen LogP contribution in [0, 0.1) is 0 Å². The van der Waals surface area contributed by atoms with E-state index in [2.05, 4.69) is 17.4 Å². The predicted molar refractivity (Wildman–Crippen MR) is 63.1 cm³/mol. The minimum atomic E-state index is -0.389. The largest absolute Gasteiger partial charge is 0.487 e. The van der Waals surface area contributed by atoms with Gasteiger partial charge in [0.1, 0.15) is 11.9 Å². The maximum atomic E-state index is 11.1. The molecule has 1 atom stereocenters. The number of hydrogen-bond acceptors (Lipinski definition) is 5. The normalized spacial score (nSPS) is 11.9. The Balaban J connectivity index is 2.67. The van der Waals surface area contributed by atoms with Gasteiger partial charge in [0.15, 0.2) is 0 Å². The second-order valence-corrected chi connectivity index (χ2v) is 3.49. The van der Waals surface area contributed by atoms with Crippen molar-refractivity contribution in [3.63, 3.8) is 0 Å². The Kier molecular flexibility index (Phi) is 5.14. The molecule has 1 unspecified atom stereocenters. The van der Waals surface area contributed by atoms with Gasteiger partial charge in [0.2, 0.25) is 0 Å². The Hall–Kier alpha value is -1.20. The zero-order chi connectivity index (χ0) is 12.0. The lowest BCUT2D eigenvalue weighted by Crippen LogP contribution is -2.22. The second-order valence-electron chi connectivity index (χ2n) is 3.12. The molecule has 0 amide bonds. The van der Waals surface area contributed by atoms with Gasteiger partial charge in [0, 0.05) is 5.75 Å². The summed E-state index contributed by atoms with van der Waals surface area (Å²) in [5.41, 5.74) is 0.460. The van der Waals surface area contributed by atoms with E-state index >= 15 is 0 Å². The van der Waals surface area contributed by atoms with Crippen molar-refractivity contribution < 1.29 is 19.4 Å². The van der Waals surface area contributed by atoms with Crippen LogP contribution in [0.1, 0.15) is 10.4 Å². The summed E-state index contributed by atoms with van der Waals surface area (Å²) < 4.78 is 9.97. The molecule has 0 saturated carbocycles. The minimum absolute atomic E-state index is 0.0950. The molecule has 0 aliphatic heterocycles. The molecule has 1 aromatic rings. The van der Waals surface area contributed by atoms with Crippen molar-refractivity contribution >= 4 is 18.6 Å². The van der Waals surface area contributed by atoms with Gasteiger partial charge in [-0.05, 0) is 24.3 Å². The summed E-state index contributed by atoms with van der Waals surface area (Å²) in [5.74, 6) is 0.620. The Morgan fingerprint density at radius 2 is 2.06 bits per heavy atom. The van der Waals surface area contributed by atoms with Crippen LogP contribution in [-0.4, -0.2) is 36.6 Å². The molecule has 88 valence electrons. The van der Waals surface area contributed by atoms with E-state index in [0.29, 0.717) is 17.1 Å². The first kappa shape index (κ1) is 12.9. The van der Waals surface area contributed by atoms with E-state index in [1.54, 1.807) is 24.3 Å². The number of aliphatic hydroxyl groups is 1. The number of hydrogen-bond donors (Lipinski definition) is 2. The fraction of sp³-hybridized carbons (Fsp3) is 0.364. The fourth-order valence-corrected chi connectivity index (χ4v) is 1.30. The average Bonchev–Trinajstić information content (AvgIpc) is 2.35. The summed E-state index contributed by atoms with van der Waals surface area (Å²) in [6, 6.07) is 6.51. The maximum absolute atomic E-state index is 11.1. The molecule has 1 rings (SSSR count). The molecule has 0 radical (unpaired) electrons. The summed E-state index contributed by atoms with van der Waals surface area (Å²) >= 11 is 4.03. The third kappa shape index (κ3) is 3.43. The van der Waals surface area contributed by atoms with Gasteiger partial charge in [0.05, 0.1) is 19.3 Å². The molecule has 0 aromatic heterocycles. The molecule has 16 heavy (non-hydrogen) atoms. The first-order valence-corrected chi connectivity index (χ1v) is 5.41. The Bertz CT molecular complexity index is 332. The Morgan fingerprint density at radius 3 is 2.50 bits per heavy atom. The summed E-state index contributed by atoms with van der Waals surface area (Å²) in [6.45, 7) is -0.0950. The highest BCUT2D eigenvalue weighted by atomic mass is 32.1. The van der Waals surface area contributed by atoms with Crippen LogP contribution in [0.25, 0.3) is 0 Å². The van der Waals surface area contributed by atoms with E-state index in [1.807, 2.05) is 0 Å². The van der Waals surface area contributed by atoms with Crippen molar-refractivity contribution in [2.45, 2.75) is 6.10 Å². The number of benzene rings is 1. The number of thiol groups is 1. The molecule has 0 aliphatic rings. The van der Waals surface area contributed by atoms with Crippen LogP contribution in [0.15, 0.2) is 24.3 Å². The van der Waals surface area contributed by atoms with Gasteiger partial charge in [-0.2, -0.15) is 12.6 Å². The van der Waals surface area contributed by atoms with E-state index in [4.69, 9.17) is 9.84 Å². The average molecular weight is 242 g/mol. The van der Waals surface area contributed by atoms with Crippen LogP contribution in [-0.2, 0) is 4.74 Å². The van der Waals surface area contributed by atoms with Gasteiger partial charge < -0.3 is 14.6 Å². The molecule has 1 aromatic carbocycles.